The van der Waals surface area contributed by atoms with E-state index >= 15 is 0 Å². The summed E-state index contributed by atoms with van der Waals surface area (Å²) in [7, 11) is 0. The van der Waals surface area contributed by atoms with E-state index in [9.17, 15) is 14.7 Å². The lowest BCUT2D eigenvalue weighted by Gasteiger charge is -2.14. The van der Waals surface area contributed by atoms with Gasteiger partial charge in [0.25, 0.3) is 5.56 Å². The minimum absolute atomic E-state index is 0.218. The van der Waals surface area contributed by atoms with E-state index in [1.807, 2.05) is 0 Å². The van der Waals surface area contributed by atoms with Crippen LogP contribution in [0.2, 0.25) is 0 Å². The topological polar surface area (TPSA) is 84.3 Å². The van der Waals surface area contributed by atoms with E-state index in [-0.39, 0.29) is 13.2 Å². The Bertz CT molecular complexity index is 435. The number of nitrogens with one attached hydrogen (secondary N) is 1. The second-order valence-corrected chi connectivity index (χ2v) is 3.19. The summed E-state index contributed by atoms with van der Waals surface area (Å²) in [6.07, 6.45) is 0.669. The number of hydrogen-bond acceptors (Lipinski definition) is 4. The zero-order valence-electron chi connectivity index (χ0n) is 7.34. The van der Waals surface area contributed by atoms with Crippen LogP contribution in [-0.2, 0) is 4.74 Å². The number of aliphatic hydroxyl groups excluding tert-OH is 1. The van der Waals surface area contributed by atoms with Gasteiger partial charge in [-0.25, -0.2) is 4.79 Å². The van der Waals surface area contributed by atoms with Crippen LogP contribution in [0.5, 0.6) is 0 Å². The monoisotopic (exact) mass is 198 g/mol. The quantitative estimate of drug-likeness (QED) is 0.573. The van der Waals surface area contributed by atoms with Crippen LogP contribution in [0, 0.1) is 0 Å². The molecule has 0 amide bonds. The maximum atomic E-state index is 11.3. The Morgan fingerprint density at radius 2 is 2.29 bits per heavy atom. The van der Waals surface area contributed by atoms with Crippen LogP contribution in [0.25, 0.3) is 0 Å². The molecule has 76 valence electrons. The van der Waals surface area contributed by atoms with Crippen LogP contribution in [-0.4, -0.2) is 34.0 Å². The van der Waals surface area contributed by atoms with Crippen LogP contribution in [0.4, 0.5) is 0 Å². The molecule has 0 aromatic carbocycles. The standard InChI is InChI=1S/C8H10N2O4/c11-6-4-14-3-5(6)10-2-1-7(12)9-8(10)13/h1-2,5-6,11H,3-4H2,(H,9,12,13)/t5-,6+/m1/s1. The number of aromatic amines is 1. The lowest BCUT2D eigenvalue weighted by Crippen LogP contribution is -2.35. The lowest BCUT2D eigenvalue weighted by molar-refractivity contribution is 0.119. The lowest BCUT2D eigenvalue weighted by atomic mass is 10.2. The molecule has 1 aromatic rings. The summed E-state index contributed by atoms with van der Waals surface area (Å²) in [5, 5.41) is 9.46. The summed E-state index contributed by atoms with van der Waals surface area (Å²) in [6.45, 7) is 0.503. The molecule has 0 aliphatic carbocycles. The van der Waals surface area contributed by atoms with Crippen LogP contribution in [0.1, 0.15) is 6.04 Å². The average Bonchev–Trinajstić information content (AvgIpc) is 2.52. The highest BCUT2D eigenvalue weighted by Crippen LogP contribution is 2.16. The first-order valence-electron chi connectivity index (χ1n) is 4.26. The number of rotatable bonds is 1. The number of nitrogens with zero attached hydrogens (tertiary/aromatic N) is 1. The first-order valence-corrected chi connectivity index (χ1v) is 4.26. The van der Waals surface area contributed by atoms with Gasteiger partial charge in [-0.05, 0) is 0 Å². The third-order valence-corrected chi connectivity index (χ3v) is 2.23. The predicted octanol–water partition coefficient (Wildman–Crippen LogP) is -1.53. The molecule has 1 aromatic heterocycles. The Morgan fingerprint density at radius 3 is 2.86 bits per heavy atom. The van der Waals surface area contributed by atoms with Crippen molar-refractivity contribution >= 4 is 0 Å². The van der Waals surface area contributed by atoms with Crippen LogP contribution in [0.15, 0.2) is 21.9 Å². The molecule has 1 aliphatic rings. The van der Waals surface area contributed by atoms with Gasteiger partial charge in [0.15, 0.2) is 0 Å². The van der Waals surface area contributed by atoms with Gasteiger partial charge in [-0.15, -0.1) is 0 Å². The Morgan fingerprint density at radius 1 is 1.50 bits per heavy atom. The van der Waals surface area contributed by atoms with Crippen molar-refractivity contribution in [2.24, 2.45) is 0 Å². The van der Waals surface area contributed by atoms with Gasteiger partial charge in [-0.2, -0.15) is 0 Å². The summed E-state index contributed by atoms with van der Waals surface area (Å²) in [5.74, 6) is 0. The van der Waals surface area contributed by atoms with E-state index in [0.29, 0.717) is 0 Å². The molecule has 1 saturated heterocycles. The Balaban J connectivity index is 2.41. The smallest absolute Gasteiger partial charge is 0.328 e. The van der Waals surface area contributed by atoms with Crippen molar-refractivity contribution in [3.8, 4) is 0 Å². The van der Waals surface area contributed by atoms with Gasteiger partial charge >= 0.3 is 5.69 Å². The first-order chi connectivity index (χ1) is 6.68. The summed E-state index contributed by atoms with van der Waals surface area (Å²) in [5.41, 5.74) is -0.966. The Hall–Kier alpha value is -1.40. The van der Waals surface area contributed by atoms with Crippen molar-refractivity contribution in [2.45, 2.75) is 12.1 Å². The Labute approximate surface area is 78.8 Å². The largest absolute Gasteiger partial charge is 0.388 e. The van der Waals surface area contributed by atoms with Crippen molar-refractivity contribution in [3.05, 3.63) is 33.1 Å². The number of hydrogen-bond donors (Lipinski definition) is 2. The van der Waals surface area contributed by atoms with E-state index in [4.69, 9.17) is 4.74 Å². The normalized spacial score (nSPS) is 26.6. The maximum Gasteiger partial charge on any atom is 0.328 e. The number of H-pyrrole nitrogens is 1. The molecule has 2 atom stereocenters. The molecule has 1 aliphatic heterocycles. The number of aliphatic hydroxyl groups is 1. The fraction of sp³-hybridized carbons (Fsp3) is 0.500. The van der Waals surface area contributed by atoms with Gasteiger partial charge in [-0.1, -0.05) is 0 Å². The second kappa shape index (κ2) is 3.39. The molecule has 0 unspecified atom stereocenters. The van der Waals surface area contributed by atoms with Crippen LogP contribution >= 0.6 is 0 Å². The van der Waals surface area contributed by atoms with E-state index in [1.54, 1.807) is 0 Å². The molecule has 1 fully saturated rings. The van der Waals surface area contributed by atoms with Crippen LogP contribution in [0.3, 0.4) is 0 Å². The van der Waals surface area contributed by atoms with E-state index < -0.39 is 23.4 Å². The Kier molecular flexibility index (Phi) is 2.22. The highest BCUT2D eigenvalue weighted by molar-refractivity contribution is 4.89. The van der Waals surface area contributed by atoms with Crippen molar-refractivity contribution in [3.63, 3.8) is 0 Å². The molecule has 0 spiro atoms. The van der Waals surface area contributed by atoms with Gasteiger partial charge in [0, 0.05) is 12.3 Å². The first kappa shape index (κ1) is 9.17. The van der Waals surface area contributed by atoms with Crippen molar-refractivity contribution in [1.82, 2.24) is 9.55 Å². The fourth-order valence-electron chi connectivity index (χ4n) is 1.49. The number of ether oxygens (including phenoxy) is 1. The third kappa shape index (κ3) is 1.49. The SMILES string of the molecule is O=c1ccn([C@@H]2COC[C@@H]2O)c(=O)[nH]1. The summed E-state index contributed by atoms with van der Waals surface area (Å²) in [4.78, 5) is 24.2. The highest BCUT2D eigenvalue weighted by Gasteiger charge is 2.28. The average molecular weight is 198 g/mol. The second-order valence-electron chi connectivity index (χ2n) is 3.19. The molecular weight excluding hydrogens is 188 g/mol. The van der Waals surface area contributed by atoms with E-state index in [0.717, 1.165) is 0 Å². The van der Waals surface area contributed by atoms with Crippen molar-refractivity contribution in [2.75, 3.05) is 13.2 Å². The zero-order chi connectivity index (χ0) is 10.1. The maximum absolute atomic E-state index is 11.3. The van der Waals surface area contributed by atoms with Crippen molar-refractivity contribution in [1.29, 1.82) is 0 Å². The predicted molar refractivity (Wildman–Crippen MR) is 47.2 cm³/mol. The van der Waals surface area contributed by atoms with E-state index in [2.05, 4.69) is 4.98 Å². The van der Waals surface area contributed by atoms with Crippen molar-refractivity contribution < 1.29 is 9.84 Å². The summed E-state index contributed by atoms with van der Waals surface area (Å²) in [6, 6.07) is 0.839. The molecule has 0 saturated carbocycles. The highest BCUT2D eigenvalue weighted by atomic mass is 16.5. The summed E-state index contributed by atoms with van der Waals surface area (Å²) >= 11 is 0. The molecule has 0 radical (unpaired) electrons. The minimum Gasteiger partial charge on any atom is -0.388 e. The molecule has 2 heterocycles. The molecule has 6 nitrogen and oxygen atoms in total. The van der Waals surface area contributed by atoms with Gasteiger partial charge in [0.1, 0.15) is 6.10 Å². The molecule has 2 N–H and O–H groups in total. The zero-order valence-corrected chi connectivity index (χ0v) is 7.34. The van der Waals surface area contributed by atoms with Gasteiger partial charge in [0.2, 0.25) is 0 Å². The van der Waals surface area contributed by atoms with Gasteiger partial charge < -0.3 is 9.84 Å². The molecule has 0 bridgehead atoms. The van der Waals surface area contributed by atoms with E-state index in [1.165, 1.54) is 16.8 Å². The summed E-state index contributed by atoms with van der Waals surface area (Å²) < 4.78 is 6.28. The minimum atomic E-state index is -0.696. The third-order valence-electron chi connectivity index (χ3n) is 2.23. The van der Waals surface area contributed by atoms with Gasteiger partial charge in [0.05, 0.1) is 19.3 Å². The van der Waals surface area contributed by atoms with Gasteiger partial charge in [-0.3, -0.25) is 14.3 Å². The fourth-order valence-corrected chi connectivity index (χ4v) is 1.49. The molecule has 6 heteroatoms. The number of aromatic nitrogens is 2. The molecule has 2 rings (SSSR count). The van der Waals surface area contributed by atoms with Crippen LogP contribution < -0.4 is 11.2 Å². The molecule has 14 heavy (non-hydrogen) atoms. The molecular formula is C8H10N2O4.